The molecule has 8 heteroatoms. The van der Waals surface area contributed by atoms with E-state index in [4.69, 9.17) is 14.6 Å². The molecule has 8 nitrogen and oxygen atoms in total. The standard InChI is InChI=1S/C12H17N3O5/c1-6(12(17)18)7(2)15-9(16)8-10(19-3)13-5-14-11(8)20-4/h5-7H,1-4H3,(H,15,16)(H,17,18). The zero-order valence-corrected chi connectivity index (χ0v) is 11.7. The summed E-state index contributed by atoms with van der Waals surface area (Å²) in [6.07, 6.45) is 1.21. The number of aromatic nitrogens is 2. The van der Waals surface area contributed by atoms with Gasteiger partial charge < -0.3 is 19.9 Å². The van der Waals surface area contributed by atoms with Crippen molar-refractivity contribution in [3.63, 3.8) is 0 Å². The Hall–Kier alpha value is -2.38. The van der Waals surface area contributed by atoms with Crippen molar-refractivity contribution in [3.05, 3.63) is 11.9 Å². The lowest BCUT2D eigenvalue weighted by Crippen LogP contribution is -2.40. The summed E-state index contributed by atoms with van der Waals surface area (Å²) in [4.78, 5) is 30.7. The van der Waals surface area contributed by atoms with E-state index in [0.29, 0.717) is 0 Å². The fraction of sp³-hybridized carbons (Fsp3) is 0.500. The van der Waals surface area contributed by atoms with E-state index < -0.39 is 23.8 Å². The molecular formula is C12H17N3O5. The molecule has 0 aliphatic rings. The zero-order valence-electron chi connectivity index (χ0n) is 11.7. The van der Waals surface area contributed by atoms with Crippen molar-refractivity contribution in [3.8, 4) is 11.8 Å². The number of nitrogens with one attached hydrogen (secondary N) is 1. The molecule has 0 saturated carbocycles. The number of carboxylic acids is 1. The van der Waals surface area contributed by atoms with Crippen molar-refractivity contribution < 1.29 is 24.2 Å². The summed E-state index contributed by atoms with van der Waals surface area (Å²) < 4.78 is 9.98. The van der Waals surface area contributed by atoms with Crippen molar-refractivity contribution >= 4 is 11.9 Å². The zero-order chi connectivity index (χ0) is 15.3. The highest BCUT2D eigenvalue weighted by atomic mass is 16.5. The monoisotopic (exact) mass is 283 g/mol. The highest BCUT2D eigenvalue weighted by Crippen LogP contribution is 2.23. The molecule has 0 saturated heterocycles. The van der Waals surface area contributed by atoms with E-state index in [-0.39, 0.29) is 17.3 Å². The SMILES string of the molecule is COc1ncnc(OC)c1C(=O)NC(C)C(C)C(=O)O. The highest BCUT2D eigenvalue weighted by Gasteiger charge is 2.26. The fourth-order valence-electron chi connectivity index (χ4n) is 1.48. The molecule has 0 spiro atoms. The summed E-state index contributed by atoms with van der Waals surface area (Å²) in [5, 5.41) is 11.5. The maximum absolute atomic E-state index is 12.2. The number of hydrogen-bond donors (Lipinski definition) is 2. The largest absolute Gasteiger partial charge is 0.481 e. The lowest BCUT2D eigenvalue weighted by atomic mass is 10.0. The summed E-state index contributed by atoms with van der Waals surface area (Å²) in [7, 11) is 2.73. The summed E-state index contributed by atoms with van der Waals surface area (Å²) >= 11 is 0. The van der Waals surface area contributed by atoms with Gasteiger partial charge in [-0.25, -0.2) is 9.97 Å². The molecule has 20 heavy (non-hydrogen) atoms. The van der Waals surface area contributed by atoms with Crippen LogP contribution in [-0.4, -0.2) is 47.2 Å². The molecule has 1 amide bonds. The molecule has 1 heterocycles. The number of methoxy groups -OCH3 is 2. The third-order valence-electron chi connectivity index (χ3n) is 2.89. The van der Waals surface area contributed by atoms with E-state index in [1.54, 1.807) is 6.92 Å². The fourth-order valence-corrected chi connectivity index (χ4v) is 1.48. The third-order valence-corrected chi connectivity index (χ3v) is 2.89. The quantitative estimate of drug-likeness (QED) is 0.774. The maximum Gasteiger partial charge on any atom is 0.308 e. The van der Waals surface area contributed by atoms with Crippen LogP contribution < -0.4 is 14.8 Å². The second kappa shape index (κ2) is 6.69. The van der Waals surface area contributed by atoms with E-state index in [1.807, 2.05) is 0 Å². The Labute approximate surface area is 116 Å². The van der Waals surface area contributed by atoms with Gasteiger partial charge in [0, 0.05) is 6.04 Å². The normalized spacial score (nSPS) is 13.2. The Morgan fingerprint density at radius 3 is 2.10 bits per heavy atom. The average molecular weight is 283 g/mol. The van der Waals surface area contributed by atoms with Crippen molar-refractivity contribution in [1.29, 1.82) is 0 Å². The first kappa shape index (κ1) is 15.7. The predicted octanol–water partition coefficient (Wildman–Crippen LogP) is 0.333. The van der Waals surface area contributed by atoms with Crippen LogP contribution in [-0.2, 0) is 4.79 Å². The van der Waals surface area contributed by atoms with Gasteiger partial charge in [0.2, 0.25) is 11.8 Å². The Balaban J connectivity index is 3.00. The average Bonchev–Trinajstić information content (AvgIpc) is 2.44. The number of rotatable bonds is 6. The molecule has 1 rings (SSSR count). The molecule has 0 fully saturated rings. The van der Waals surface area contributed by atoms with Gasteiger partial charge in [-0.3, -0.25) is 9.59 Å². The van der Waals surface area contributed by atoms with Gasteiger partial charge >= 0.3 is 5.97 Å². The second-order valence-electron chi connectivity index (χ2n) is 4.16. The van der Waals surface area contributed by atoms with Crippen LogP contribution in [0.5, 0.6) is 11.8 Å². The van der Waals surface area contributed by atoms with Crippen LogP contribution in [0.4, 0.5) is 0 Å². The molecular weight excluding hydrogens is 266 g/mol. The van der Waals surface area contributed by atoms with Crippen LogP contribution >= 0.6 is 0 Å². The van der Waals surface area contributed by atoms with Crippen LogP contribution in [0.15, 0.2) is 6.33 Å². The number of amides is 1. The van der Waals surface area contributed by atoms with E-state index in [1.165, 1.54) is 27.5 Å². The van der Waals surface area contributed by atoms with Crippen molar-refractivity contribution in [1.82, 2.24) is 15.3 Å². The number of carbonyl (C=O) groups excluding carboxylic acids is 1. The summed E-state index contributed by atoms with van der Waals surface area (Å²) in [5.41, 5.74) is 0.0296. The minimum absolute atomic E-state index is 0.0296. The van der Waals surface area contributed by atoms with E-state index in [0.717, 1.165) is 0 Å². The van der Waals surface area contributed by atoms with Crippen LogP contribution in [0.3, 0.4) is 0 Å². The van der Waals surface area contributed by atoms with Crippen molar-refractivity contribution in [2.45, 2.75) is 19.9 Å². The Bertz CT molecular complexity index is 484. The number of aliphatic carboxylic acids is 1. The summed E-state index contributed by atoms with van der Waals surface area (Å²) in [6.45, 7) is 3.10. The summed E-state index contributed by atoms with van der Waals surface area (Å²) in [5.74, 6) is -2.17. The lowest BCUT2D eigenvalue weighted by Gasteiger charge is -2.18. The van der Waals surface area contributed by atoms with Gasteiger partial charge in [-0.2, -0.15) is 0 Å². The van der Waals surface area contributed by atoms with Gasteiger partial charge in [-0.15, -0.1) is 0 Å². The topological polar surface area (TPSA) is 111 Å². The third kappa shape index (κ3) is 3.34. The van der Waals surface area contributed by atoms with Gasteiger partial charge in [-0.1, -0.05) is 0 Å². The highest BCUT2D eigenvalue weighted by molar-refractivity contribution is 5.98. The first-order chi connectivity index (χ1) is 9.42. The van der Waals surface area contributed by atoms with E-state index in [9.17, 15) is 9.59 Å². The molecule has 2 atom stereocenters. The molecule has 0 bridgehead atoms. The molecule has 2 unspecified atom stereocenters. The molecule has 1 aromatic heterocycles. The predicted molar refractivity (Wildman–Crippen MR) is 68.9 cm³/mol. The van der Waals surface area contributed by atoms with Gasteiger partial charge in [0.15, 0.2) is 5.56 Å². The van der Waals surface area contributed by atoms with Gasteiger partial charge in [0.25, 0.3) is 5.91 Å². The molecule has 0 aliphatic carbocycles. The molecule has 1 aromatic rings. The minimum Gasteiger partial charge on any atom is -0.481 e. The Kier molecular flexibility index (Phi) is 5.24. The van der Waals surface area contributed by atoms with Gasteiger partial charge in [-0.05, 0) is 13.8 Å². The van der Waals surface area contributed by atoms with E-state index >= 15 is 0 Å². The Morgan fingerprint density at radius 1 is 1.20 bits per heavy atom. The Morgan fingerprint density at radius 2 is 1.70 bits per heavy atom. The minimum atomic E-state index is -0.999. The first-order valence-electron chi connectivity index (χ1n) is 5.89. The number of carboxylic acid groups (broad SMARTS) is 1. The van der Waals surface area contributed by atoms with Crippen LogP contribution in [0.25, 0.3) is 0 Å². The first-order valence-corrected chi connectivity index (χ1v) is 5.89. The maximum atomic E-state index is 12.2. The number of hydrogen-bond acceptors (Lipinski definition) is 6. The van der Waals surface area contributed by atoms with Crippen molar-refractivity contribution in [2.24, 2.45) is 5.92 Å². The molecule has 110 valence electrons. The molecule has 0 radical (unpaired) electrons. The van der Waals surface area contributed by atoms with Gasteiger partial charge in [0.1, 0.15) is 6.33 Å². The van der Waals surface area contributed by atoms with Gasteiger partial charge in [0.05, 0.1) is 20.1 Å². The van der Waals surface area contributed by atoms with Crippen LogP contribution in [0.2, 0.25) is 0 Å². The molecule has 0 aliphatic heterocycles. The number of nitrogens with zero attached hydrogens (tertiary/aromatic N) is 2. The summed E-state index contributed by atoms with van der Waals surface area (Å²) in [6, 6.07) is -0.574. The van der Waals surface area contributed by atoms with E-state index in [2.05, 4.69) is 15.3 Å². The molecule has 0 aromatic carbocycles. The van der Waals surface area contributed by atoms with Crippen molar-refractivity contribution in [2.75, 3.05) is 14.2 Å². The lowest BCUT2D eigenvalue weighted by molar-refractivity contribution is -0.141. The molecule has 2 N–H and O–H groups in total. The number of carbonyl (C=O) groups is 2. The van der Waals surface area contributed by atoms with Crippen LogP contribution in [0.1, 0.15) is 24.2 Å². The smallest absolute Gasteiger partial charge is 0.308 e. The number of ether oxygens (including phenoxy) is 2. The van der Waals surface area contributed by atoms with Crippen LogP contribution in [0, 0.1) is 5.92 Å². The second-order valence-corrected chi connectivity index (χ2v) is 4.16.